The van der Waals surface area contributed by atoms with Gasteiger partial charge in [-0.15, -0.1) is 0 Å². The van der Waals surface area contributed by atoms with Crippen molar-refractivity contribution >= 4 is 38.6 Å². The van der Waals surface area contributed by atoms with Crippen molar-refractivity contribution < 1.29 is 27.2 Å². The number of rotatable bonds is 9. The number of amides is 1. The highest BCUT2D eigenvalue weighted by atomic mass is 32.2. The number of esters is 1. The summed E-state index contributed by atoms with van der Waals surface area (Å²) in [7, 11) is 1.18. The fourth-order valence-electron chi connectivity index (χ4n) is 4.50. The van der Waals surface area contributed by atoms with Crippen molar-refractivity contribution in [2.24, 2.45) is 5.92 Å². The van der Waals surface area contributed by atoms with Crippen LogP contribution in [-0.4, -0.2) is 59.0 Å². The summed E-state index contributed by atoms with van der Waals surface area (Å²) in [5.74, 6) is 5.22. The van der Waals surface area contributed by atoms with E-state index in [1.807, 2.05) is 56.3 Å². The van der Waals surface area contributed by atoms with Crippen LogP contribution in [0.4, 0.5) is 5.69 Å². The predicted octanol–water partition coefficient (Wildman–Crippen LogP) is 5.05. The van der Waals surface area contributed by atoms with Crippen molar-refractivity contribution in [3.8, 4) is 23.0 Å². The lowest BCUT2D eigenvalue weighted by molar-refractivity contribution is -0.143. The van der Waals surface area contributed by atoms with Crippen LogP contribution in [0.5, 0.6) is 0 Å². The van der Waals surface area contributed by atoms with Crippen molar-refractivity contribution in [2.75, 3.05) is 33.1 Å². The number of fused-ring (bicyclic) bond motifs is 1. The smallest absolute Gasteiger partial charge is 0.324 e. The molecule has 10 heteroatoms. The molecule has 1 atom stereocenters. The molecule has 4 rings (SSSR count). The molecule has 0 spiro atoms. The first kappa shape index (κ1) is 31.5. The van der Waals surface area contributed by atoms with Gasteiger partial charge in [-0.2, -0.15) is 4.72 Å². The molecule has 224 valence electrons. The van der Waals surface area contributed by atoms with Crippen LogP contribution in [0.25, 0.3) is 22.1 Å². The summed E-state index contributed by atoms with van der Waals surface area (Å²) in [4.78, 5) is 27.2. The maximum atomic E-state index is 13.1. The Bertz CT molecular complexity index is 1800. The van der Waals surface area contributed by atoms with E-state index < -0.39 is 22.0 Å². The van der Waals surface area contributed by atoms with E-state index in [4.69, 9.17) is 9.15 Å². The predicted molar refractivity (Wildman–Crippen MR) is 167 cm³/mol. The molecule has 9 nitrogen and oxygen atoms in total. The number of sulfonamides is 1. The van der Waals surface area contributed by atoms with Gasteiger partial charge in [0.25, 0.3) is 5.91 Å². The van der Waals surface area contributed by atoms with E-state index in [0.717, 1.165) is 27.6 Å². The van der Waals surface area contributed by atoms with Crippen LogP contribution in [0.15, 0.2) is 76.0 Å². The van der Waals surface area contributed by atoms with Crippen LogP contribution >= 0.6 is 0 Å². The molecule has 0 radical (unpaired) electrons. The van der Waals surface area contributed by atoms with E-state index in [9.17, 15) is 18.0 Å². The molecule has 3 aromatic carbocycles. The minimum Gasteiger partial charge on any atom is -0.468 e. The summed E-state index contributed by atoms with van der Waals surface area (Å²) in [6.07, 6.45) is 0. The van der Waals surface area contributed by atoms with Gasteiger partial charge >= 0.3 is 5.97 Å². The van der Waals surface area contributed by atoms with Gasteiger partial charge in [0.05, 0.1) is 18.6 Å². The van der Waals surface area contributed by atoms with Crippen LogP contribution in [0, 0.1) is 24.7 Å². The van der Waals surface area contributed by atoms with E-state index in [-0.39, 0.29) is 22.5 Å². The largest absolute Gasteiger partial charge is 0.468 e. The summed E-state index contributed by atoms with van der Waals surface area (Å²) in [5, 5.41) is 3.71. The molecule has 0 aliphatic rings. The van der Waals surface area contributed by atoms with Gasteiger partial charge in [0.15, 0.2) is 5.76 Å². The summed E-state index contributed by atoms with van der Waals surface area (Å²) in [6.45, 7) is 5.93. The fraction of sp³-hybridized carbons (Fsp3) is 0.273. The number of nitrogens with one attached hydrogen (secondary N) is 2. The number of furan rings is 1. The van der Waals surface area contributed by atoms with Crippen LogP contribution in [0.3, 0.4) is 0 Å². The molecule has 1 aromatic heterocycles. The second-order valence-electron chi connectivity index (χ2n) is 10.7. The zero-order valence-electron chi connectivity index (χ0n) is 25.0. The highest BCUT2D eigenvalue weighted by Gasteiger charge is 2.29. The van der Waals surface area contributed by atoms with Crippen LogP contribution < -0.4 is 10.0 Å². The lowest BCUT2D eigenvalue weighted by Crippen LogP contribution is -2.44. The molecule has 1 amide bonds. The first-order chi connectivity index (χ1) is 20.4. The van der Waals surface area contributed by atoms with E-state index >= 15 is 0 Å². The van der Waals surface area contributed by atoms with Crippen molar-refractivity contribution in [2.45, 2.75) is 31.7 Å². The van der Waals surface area contributed by atoms with E-state index in [2.05, 4.69) is 21.9 Å². The average molecular weight is 602 g/mol. The van der Waals surface area contributed by atoms with Crippen LogP contribution in [0.1, 0.15) is 35.5 Å². The van der Waals surface area contributed by atoms with Crippen LogP contribution in [-0.2, 0) is 19.6 Å². The van der Waals surface area contributed by atoms with E-state index in [1.165, 1.54) is 19.2 Å². The number of benzene rings is 3. The summed E-state index contributed by atoms with van der Waals surface area (Å²) in [6, 6.07) is 18.1. The standard InChI is InChI=1S/C33H35N3O6S/c1-21(2)30(33(38)41-6)35-43(39,40)27-18-14-24(15-19-27)23-12-16-26(17-13-23)34-32(37)31-22(3)29-25(10-8-20-36(4)5)9-7-11-28(29)42-31/h7,9,11-19,21,30,35H,20H2,1-6H3,(H,34,37). The zero-order chi connectivity index (χ0) is 31.3. The summed E-state index contributed by atoms with van der Waals surface area (Å²) >= 11 is 0. The number of nitrogens with zero attached hydrogens (tertiary/aromatic N) is 1. The van der Waals surface area contributed by atoms with Gasteiger partial charge < -0.3 is 14.5 Å². The molecule has 1 heterocycles. The topological polar surface area (TPSA) is 118 Å². The van der Waals surface area contributed by atoms with Gasteiger partial charge in [-0.05, 0) is 74.5 Å². The van der Waals surface area contributed by atoms with E-state index in [1.54, 1.807) is 38.1 Å². The molecule has 43 heavy (non-hydrogen) atoms. The van der Waals surface area contributed by atoms with Crippen molar-refractivity contribution in [3.05, 3.63) is 83.6 Å². The molecule has 2 N–H and O–H groups in total. The molecule has 1 unspecified atom stereocenters. The Hall–Kier alpha value is -4.43. The number of methoxy groups -OCH3 is 1. The molecular formula is C33H35N3O6S. The quantitative estimate of drug-likeness (QED) is 0.204. The Morgan fingerprint density at radius 2 is 1.60 bits per heavy atom. The van der Waals surface area contributed by atoms with Gasteiger partial charge in [-0.3, -0.25) is 14.5 Å². The Morgan fingerprint density at radius 1 is 0.977 bits per heavy atom. The molecule has 0 saturated carbocycles. The Kier molecular flexibility index (Phi) is 9.71. The molecule has 0 aliphatic carbocycles. The first-order valence-electron chi connectivity index (χ1n) is 13.7. The Labute approximate surface area is 252 Å². The fourth-order valence-corrected chi connectivity index (χ4v) is 5.83. The number of hydrogen-bond donors (Lipinski definition) is 2. The molecule has 0 bridgehead atoms. The highest BCUT2D eigenvalue weighted by Crippen LogP contribution is 2.29. The molecule has 4 aromatic rings. The van der Waals surface area contributed by atoms with E-state index in [0.29, 0.717) is 17.8 Å². The lowest BCUT2D eigenvalue weighted by atomic mass is 10.0. The third-order valence-electron chi connectivity index (χ3n) is 6.82. The minimum atomic E-state index is -3.95. The number of ether oxygens (including phenoxy) is 1. The van der Waals surface area contributed by atoms with Gasteiger partial charge in [0, 0.05) is 22.2 Å². The van der Waals surface area contributed by atoms with Gasteiger partial charge in [0.2, 0.25) is 10.0 Å². The van der Waals surface area contributed by atoms with Crippen molar-refractivity contribution in [1.29, 1.82) is 0 Å². The Morgan fingerprint density at radius 3 is 2.19 bits per heavy atom. The second kappa shape index (κ2) is 13.3. The number of aryl methyl sites for hydroxylation is 1. The summed E-state index contributed by atoms with van der Waals surface area (Å²) in [5.41, 5.74) is 4.30. The zero-order valence-corrected chi connectivity index (χ0v) is 25.8. The number of carbonyl (C=O) groups is 2. The SMILES string of the molecule is COC(=O)C(NS(=O)(=O)c1ccc(-c2ccc(NC(=O)c3oc4cccc(C#CCN(C)C)c4c3C)cc2)cc1)C(C)C. The number of anilines is 1. The maximum absolute atomic E-state index is 13.1. The molecule has 0 fully saturated rings. The highest BCUT2D eigenvalue weighted by molar-refractivity contribution is 7.89. The number of carbonyl (C=O) groups excluding carboxylic acids is 2. The normalized spacial score (nSPS) is 12.2. The lowest BCUT2D eigenvalue weighted by Gasteiger charge is -2.19. The first-order valence-corrected chi connectivity index (χ1v) is 15.2. The molecule has 0 aliphatic heterocycles. The van der Waals surface area contributed by atoms with Crippen molar-refractivity contribution in [1.82, 2.24) is 9.62 Å². The number of hydrogen-bond acceptors (Lipinski definition) is 7. The van der Waals surface area contributed by atoms with Crippen molar-refractivity contribution in [3.63, 3.8) is 0 Å². The second-order valence-corrected chi connectivity index (χ2v) is 12.4. The van der Waals surface area contributed by atoms with Gasteiger partial charge in [0.1, 0.15) is 11.6 Å². The summed E-state index contributed by atoms with van der Waals surface area (Å²) < 4.78 is 38.8. The minimum absolute atomic E-state index is 0.0303. The van der Waals surface area contributed by atoms with Gasteiger partial charge in [-0.1, -0.05) is 56.0 Å². The molecular weight excluding hydrogens is 566 g/mol. The average Bonchev–Trinajstić information content (AvgIpc) is 3.33. The molecule has 0 saturated heterocycles. The third-order valence-corrected chi connectivity index (χ3v) is 8.28. The third kappa shape index (κ3) is 7.32. The van der Waals surface area contributed by atoms with Crippen LogP contribution in [0.2, 0.25) is 0 Å². The Balaban J connectivity index is 1.48. The maximum Gasteiger partial charge on any atom is 0.324 e. The van der Waals surface area contributed by atoms with Gasteiger partial charge in [-0.25, -0.2) is 8.42 Å². The monoisotopic (exact) mass is 601 g/mol.